The summed E-state index contributed by atoms with van der Waals surface area (Å²) in [6.45, 7) is 1.30. The Morgan fingerprint density at radius 3 is 1.26 bits per heavy atom. The number of unbranched alkanes of at least 4 members (excludes halogenated alkanes) is 5. The highest BCUT2D eigenvalue weighted by Gasteiger charge is 2.38. The van der Waals surface area contributed by atoms with E-state index in [4.69, 9.17) is 21.4 Å². The summed E-state index contributed by atoms with van der Waals surface area (Å²) < 4.78 is 31.7. The lowest BCUT2D eigenvalue weighted by atomic mass is 10.1. The lowest BCUT2D eigenvalue weighted by molar-refractivity contribution is -0.192. The fourth-order valence-corrected chi connectivity index (χ4v) is 1.38. The molecule has 0 bridgehead atoms. The quantitative estimate of drug-likeness (QED) is 0.401. The van der Waals surface area contributed by atoms with Crippen LogP contribution in [0.4, 0.5) is 22.8 Å². The SMILES string of the molecule is NC(=O)NCCCCCCCCNC(N)=O.O=C(O)C(F)(F)F. The highest BCUT2D eigenvalue weighted by atomic mass is 19.4. The fourth-order valence-electron chi connectivity index (χ4n) is 1.38. The van der Waals surface area contributed by atoms with Gasteiger partial charge in [0.2, 0.25) is 0 Å². The maximum Gasteiger partial charge on any atom is 0.490 e. The molecule has 0 aliphatic rings. The number of carboxylic acid groups (broad SMARTS) is 1. The monoisotopic (exact) mass is 344 g/mol. The smallest absolute Gasteiger partial charge is 0.475 e. The second-order valence-corrected chi connectivity index (χ2v) is 4.51. The Morgan fingerprint density at radius 2 is 1.04 bits per heavy atom. The number of carbonyl (C=O) groups is 3. The summed E-state index contributed by atoms with van der Waals surface area (Å²) in [6.07, 6.45) is 1.28. The van der Waals surface area contributed by atoms with Crippen LogP contribution in [0.1, 0.15) is 38.5 Å². The van der Waals surface area contributed by atoms with Crippen molar-refractivity contribution in [2.24, 2.45) is 11.5 Å². The van der Waals surface area contributed by atoms with Gasteiger partial charge in [-0.3, -0.25) is 0 Å². The van der Waals surface area contributed by atoms with Gasteiger partial charge in [0.1, 0.15) is 0 Å². The van der Waals surface area contributed by atoms with Gasteiger partial charge in [-0.25, -0.2) is 14.4 Å². The van der Waals surface area contributed by atoms with E-state index in [1.54, 1.807) is 0 Å². The van der Waals surface area contributed by atoms with Gasteiger partial charge in [0.25, 0.3) is 0 Å². The number of carbonyl (C=O) groups excluding carboxylic acids is 2. The van der Waals surface area contributed by atoms with Crippen molar-refractivity contribution in [2.75, 3.05) is 13.1 Å². The molecule has 0 heterocycles. The Balaban J connectivity index is 0. The van der Waals surface area contributed by atoms with Crippen LogP contribution in [-0.4, -0.2) is 42.4 Å². The van der Waals surface area contributed by atoms with Gasteiger partial charge in [0.15, 0.2) is 0 Å². The van der Waals surface area contributed by atoms with Gasteiger partial charge in [0, 0.05) is 13.1 Å². The Kier molecular flexibility index (Phi) is 13.5. The topological polar surface area (TPSA) is 148 Å². The summed E-state index contributed by atoms with van der Waals surface area (Å²) in [5.41, 5.74) is 9.84. The molecular weight excluding hydrogens is 321 g/mol. The highest BCUT2D eigenvalue weighted by Crippen LogP contribution is 2.13. The van der Waals surface area contributed by atoms with Crippen molar-refractivity contribution in [1.29, 1.82) is 0 Å². The van der Waals surface area contributed by atoms with Crippen LogP contribution >= 0.6 is 0 Å². The molecule has 0 atom stereocenters. The molecule has 0 spiro atoms. The molecule has 0 radical (unpaired) electrons. The summed E-state index contributed by atoms with van der Waals surface area (Å²) in [5, 5.41) is 12.2. The van der Waals surface area contributed by atoms with Crippen molar-refractivity contribution in [3.05, 3.63) is 0 Å². The third-order valence-corrected chi connectivity index (χ3v) is 2.44. The molecule has 0 fully saturated rings. The van der Waals surface area contributed by atoms with Gasteiger partial charge >= 0.3 is 24.2 Å². The number of carboxylic acids is 1. The third kappa shape index (κ3) is 22.2. The molecule has 136 valence electrons. The lowest BCUT2D eigenvalue weighted by Gasteiger charge is -2.03. The normalized spacial score (nSPS) is 10.2. The number of primary amides is 2. The number of hydrogen-bond acceptors (Lipinski definition) is 3. The first-order valence-corrected chi connectivity index (χ1v) is 6.94. The first-order valence-electron chi connectivity index (χ1n) is 6.94. The molecule has 4 amide bonds. The summed E-state index contributed by atoms with van der Waals surface area (Å²) in [7, 11) is 0. The van der Waals surface area contributed by atoms with Crippen molar-refractivity contribution in [2.45, 2.75) is 44.7 Å². The van der Waals surface area contributed by atoms with Crippen LogP contribution in [0.2, 0.25) is 0 Å². The molecule has 0 aromatic heterocycles. The average molecular weight is 344 g/mol. The molecule has 11 heteroatoms. The number of alkyl halides is 3. The van der Waals surface area contributed by atoms with Gasteiger partial charge in [-0.15, -0.1) is 0 Å². The maximum absolute atomic E-state index is 10.6. The van der Waals surface area contributed by atoms with E-state index >= 15 is 0 Å². The maximum atomic E-state index is 10.6. The number of amides is 4. The van der Waals surface area contributed by atoms with Crippen molar-refractivity contribution in [1.82, 2.24) is 10.6 Å². The lowest BCUT2D eigenvalue weighted by Crippen LogP contribution is -2.30. The molecule has 8 nitrogen and oxygen atoms in total. The molecule has 23 heavy (non-hydrogen) atoms. The Bertz CT molecular complexity index is 343. The predicted molar refractivity (Wildman–Crippen MR) is 76.6 cm³/mol. The Labute approximate surface area is 131 Å². The van der Waals surface area contributed by atoms with Crippen molar-refractivity contribution in [3.63, 3.8) is 0 Å². The fraction of sp³-hybridized carbons (Fsp3) is 0.750. The van der Waals surface area contributed by atoms with E-state index in [1.807, 2.05) is 0 Å². The largest absolute Gasteiger partial charge is 0.490 e. The Morgan fingerprint density at radius 1 is 0.783 bits per heavy atom. The number of rotatable bonds is 9. The number of hydrogen-bond donors (Lipinski definition) is 5. The number of aliphatic carboxylic acids is 1. The number of nitrogens with two attached hydrogens (primary N) is 2. The van der Waals surface area contributed by atoms with Gasteiger partial charge in [-0.2, -0.15) is 13.2 Å². The molecule has 0 aliphatic carbocycles. The first kappa shape index (κ1) is 23.1. The molecule has 0 aromatic rings. The van der Waals surface area contributed by atoms with Crippen LogP contribution in [0, 0.1) is 0 Å². The number of nitrogens with one attached hydrogen (secondary N) is 2. The van der Waals surface area contributed by atoms with Crippen LogP contribution in [-0.2, 0) is 4.79 Å². The van der Waals surface area contributed by atoms with Crippen LogP contribution in [0.3, 0.4) is 0 Å². The number of urea groups is 2. The summed E-state index contributed by atoms with van der Waals surface area (Å²) in [4.78, 5) is 29.6. The molecule has 0 saturated heterocycles. The van der Waals surface area contributed by atoms with Gasteiger partial charge in [-0.05, 0) is 12.8 Å². The van der Waals surface area contributed by atoms with Crippen LogP contribution in [0.25, 0.3) is 0 Å². The zero-order chi connectivity index (χ0) is 18.3. The third-order valence-electron chi connectivity index (χ3n) is 2.44. The van der Waals surface area contributed by atoms with E-state index in [-0.39, 0.29) is 0 Å². The molecule has 7 N–H and O–H groups in total. The first-order chi connectivity index (χ1) is 10.6. The molecular formula is C12H23F3N4O4. The minimum Gasteiger partial charge on any atom is -0.475 e. The van der Waals surface area contributed by atoms with E-state index in [1.165, 1.54) is 0 Å². The molecule has 0 saturated carbocycles. The van der Waals surface area contributed by atoms with Crippen LogP contribution in [0.5, 0.6) is 0 Å². The van der Waals surface area contributed by atoms with E-state index < -0.39 is 24.2 Å². The summed E-state index contributed by atoms with van der Waals surface area (Å²) in [6, 6.07) is -0.921. The van der Waals surface area contributed by atoms with Gasteiger partial charge in [-0.1, -0.05) is 25.7 Å². The zero-order valence-corrected chi connectivity index (χ0v) is 12.6. The predicted octanol–water partition coefficient (Wildman–Crippen LogP) is 1.30. The molecule has 0 rings (SSSR count). The van der Waals surface area contributed by atoms with Gasteiger partial charge in [0.05, 0.1) is 0 Å². The second kappa shape index (κ2) is 13.5. The van der Waals surface area contributed by atoms with Crippen LogP contribution in [0.15, 0.2) is 0 Å². The molecule has 0 unspecified atom stereocenters. The van der Waals surface area contributed by atoms with E-state index in [2.05, 4.69) is 10.6 Å². The standard InChI is InChI=1S/C10H22N4O2.C2HF3O2/c11-9(15)13-7-5-3-1-2-4-6-8-14-10(12)16;3-2(4,5)1(6)7/h1-8H2,(H3,11,13,15)(H3,12,14,16);(H,6,7). The van der Waals surface area contributed by atoms with E-state index in [9.17, 15) is 22.8 Å². The van der Waals surface area contributed by atoms with Crippen molar-refractivity contribution >= 4 is 18.0 Å². The molecule has 0 aliphatic heterocycles. The Hall–Kier alpha value is -2.20. The number of halogens is 3. The van der Waals surface area contributed by atoms with Crippen molar-refractivity contribution < 1.29 is 32.7 Å². The summed E-state index contributed by atoms with van der Waals surface area (Å²) in [5.74, 6) is -2.76. The van der Waals surface area contributed by atoms with Crippen LogP contribution < -0.4 is 22.1 Å². The van der Waals surface area contributed by atoms with Crippen molar-refractivity contribution in [3.8, 4) is 0 Å². The van der Waals surface area contributed by atoms with E-state index in [0.717, 1.165) is 38.5 Å². The van der Waals surface area contributed by atoms with Gasteiger partial charge < -0.3 is 27.2 Å². The van der Waals surface area contributed by atoms with E-state index in [0.29, 0.717) is 13.1 Å². The zero-order valence-electron chi connectivity index (χ0n) is 12.6. The molecule has 0 aromatic carbocycles. The second-order valence-electron chi connectivity index (χ2n) is 4.51. The summed E-state index contributed by atoms with van der Waals surface area (Å²) >= 11 is 0. The highest BCUT2D eigenvalue weighted by molar-refractivity contribution is 5.73. The minimum absolute atomic E-state index is 0.461. The minimum atomic E-state index is -5.08. The average Bonchev–Trinajstić information content (AvgIpc) is 2.39.